The summed E-state index contributed by atoms with van der Waals surface area (Å²) in [4.78, 5) is 0. The highest BCUT2D eigenvalue weighted by Gasteiger charge is 2.17. The summed E-state index contributed by atoms with van der Waals surface area (Å²) in [5.41, 5.74) is 1.44. The topological polar surface area (TPSA) is 0 Å². The van der Waals surface area contributed by atoms with Crippen LogP contribution in [0.1, 0.15) is 27.2 Å². The zero-order chi connectivity index (χ0) is 8.32. The van der Waals surface area contributed by atoms with E-state index < -0.39 is 0 Å². The summed E-state index contributed by atoms with van der Waals surface area (Å²) in [5.74, 6) is 6.16. The maximum Gasteiger partial charge on any atom is 0.0503 e. The molecule has 0 bridgehead atoms. The van der Waals surface area contributed by atoms with Gasteiger partial charge in [0.25, 0.3) is 0 Å². The standard InChI is InChI=1S/C11H14/c1-4-7-11(3)8-5-10(2)6-9-11/h5-6,8H,9H2,1-3H3. The van der Waals surface area contributed by atoms with Crippen molar-refractivity contribution < 1.29 is 0 Å². The molecule has 0 fully saturated rings. The van der Waals surface area contributed by atoms with E-state index in [4.69, 9.17) is 0 Å². The van der Waals surface area contributed by atoms with Crippen LogP contribution >= 0.6 is 0 Å². The second kappa shape index (κ2) is 2.96. The fraction of sp³-hybridized carbons (Fsp3) is 0.455. The maximum atomic E-state index is 3.20. The first-order chi connectivity index (χ1) is 5.16. The molecule has 0 nitrogen and oxygen atoms in total. The van der Waals surface area contributed by atoms with Crippen LogP contribution in [0.4, 0.5) is 0 Å². The van der Waals surface area contributed by atoms with Crippen LogP contribution in [0, 0.1) is 17.3 Å². The Balaban J connectivity index is 2.79. The normalized spacial score (nSPS) is 28.8. The number of allylic oxidation sites excluding steroid dienone is 4. The lowest BCUT2D eigenvalue weighted by Gasteiger charge is -2.20. The number of hydrogen-bond acceptors (Lipinski definition) is 0. The molecule has 1 aliphatic rings. The van der Waals surface area contributed by atoms with Crippen molar-refractivity contribution in [2.75, 3.05) is 0 Å². The van der Waals surface area contributed by atoms with Gasteiger partial charge in [-0.2, -0.15) is 0 Å². The lowest BCUT2D eigenvalue weighted by molar-refractivity contribution is 0.578. The summed E-state index contributed by atoms with van der Waals surface area (Å²) in [6.45, 7) is 6.18. The van der Waals surface area contributed by atoms with Crippen LogP contribution < -0.4 is 0 Å². The summed E-state index contributed by atoms with van der Waals surface area (Å²) in [7, 11) is 0. The second-order valence-electron chi connectivity index (χ2n) is 3.28. The van der Waals surface area contributed by atoms with Gasteiger partial charge in [0, 0.05) is 0 Å². The first-order valence-electron chi connectivity index (χ1n) is 3.96. The van der Waals surface area contributed by atoms with Crippen LogP contribution in [-0.4, -0.2) is 0 Å². The molecule has 0 heteroatoms. The fourth-order valence-electron chi connectivity index (χ4n) is 1.20. The summed E-state index contributed by atoms with van der Waals surface area (Å²) >= 11 is 0. The predicted octanol–water partition coefficient (Wildman–Crippen LogP) is 2.92. The molecule has 0 aromatic heterocycles. The quantitative estimate of drug-likeness (QED) is 0.461. The summed E-state index contributed by atoms with van der Waals surface area (Å²) < 4.78 is 0. The van der Waals surface area contributed by atoms with E-state index in [-0.39, 0.29) is 5.41 Å². The molecule has 58 valence electrons. The molecule has 1 atom stereocenters. The van der Waals surface area contributed by atoms with E-state index in [2.05, 4.69) is 43.9 Å². The van der Waals surface area contributed by atoms with E-state index >= 15 is 0 Å². The van der Waals surface area contributed by atoms with Crippen molar-refractivity contribution in [2.24, 2.45) is 5.41 Å². The Kier molecular flexibility index (Phi) is 2.19. The van der Waals surface area contributed by atoms with Crippen molar-refractivity contribution in [1.29, 1.82) is 0 Å². The van der Waals surface area contributed by atoms with Gasteiger partial charge in [0.1, 0.15) is 0 Å². The van der Waals surface area contributed by atoms with Gasteiger partial charge in [-0.25, -0.2) is 0 Å². The van der Waals surface area contributed by atoms with Crippen LogP contribution in [0.2, 0.25) is 0 Å². The van der Waals surface area contributed by atoms with E-state index in [0.29, 0.717) is 0 Å². The molecule has 0 N–H and O–H groups in total. The largest absolute Gasteiger partial charge is 0.106 e. The molecule has 0 radical (unpaired) electrons. The first kappa shape index (κ1) is 8.14. The van der Waals surface area contributed by atoms with Crippen molar-refractivity contribution >= 4 is 0 Å². The lowest BCUT2D eigenvalue weighted by Crippen LogP contribution is -2.11. The molecule has 0 saturated carbocycles. The van der Waals surface area contributed by atoms with Gasteiger partial charge in [0.05, 0.1) is 5.41 Å². The Morgan fingerprint density at radius 1 is 1.55 bits per heavy atom. The molecule has 1 rings (SSSR count). The third kappa shape index (κ3) is 1.98. The minimum Gasteiger partial charge on any atom is -0.106 e. The molecule has 11 heavy (non-hydrogen) atoms. The smallest absolute Gasteiger partial charge is 0.0503 e. The van der Waals surface area contributed by atoms with Gasteiger partial charge >= 0.3 is 0 Å². The average Bonchev–Trinajstić information content (AvgIpc) is 1.97. The van der Waals surface area contributed by atoms with Gasteiger partial charge in [-0.15, -0.1) is 5.92 Å². The van der Waals surface area contributed by atoms with Gasteiger partial charge in [0.15, 0.2) is 0 Å². The molecule has 0 aliphatic heterocycles. The van der Waals surface area contributed by atoms with Crippen LogP contribution in [0.15, 0.2) is 23.8 Å². The number of hydrogen-bond donors (Lipinski definition) is 0. The van der Waals surface area contributed by atoms with Crippen LogP contribution in [0.3, 0.4) is 0 Å². The molecular weight excluding hydrogens is 132 g/mol. The van der Waals surface area contributed by atoms with Crippen molar-refractivity contribution in [3.05, 3.63) is 23.8 Å². The van der Waals surface area contributed by atoms with Crippen molar-refractivity contribution in [1.82, 2.24) is 0 Å². The Bertz CT molecular complexity index is 257. The van der Waals surface area contributed by atoms with Gasteiger partial charge in [-0.3, -0.25) is 0 Å². The SMILES string of the molecule is CC#CC1(C)C=CC(C)=CC1. The summed E-state index contributed by atoms with van der Waals surface area (Å²) in [6, 6.07) is 0. The Morgan fingerprint density at radius 2 is 2.27 bits per heavy atom. The van der Waals surface area contributed by atoms with E-state index in [0.717, 1.165) is 6.42 Å². The Hall–Kier alpha value is -0.960. The molecule has 0 heterocycles. The minimum absolute atomic E-state index is 0.0915. The van der Waals surface area contributed by atoms with E-state index in [9.17, 15) is 0 Å². The first-order valence-corrected chi connectivity index (χ1v) is 3.96. The van der Waals surface area contributed by atoms with Gasteiger partial charge in [-0.05, 0) is 27.2 Å². The predicted molar refractivity (Wildman–Crippen MR) is 49.1 cm³/mol. The molecule has 1 unspecified atom stereocenters. The Morgan fingerprint density at radius 3 is 2.73 bits per heavy atom. The van der Waals surface area contributed by atoms with Crippen molar-refractivity contribution in [3.63, 3.8) is 0 Å². The zero-order valence-corrected chi connectivity index (χ0v) is 7.44. The summed E-state index contributed by atoms with van der Waals surface area (Å²) in [5, 5.41) is 0. The molecule has 0 aromatic rings. The highest BCUT2D eigenvalue weighted by Crippen LogP contribution is 2.27. The highest BCUT2D eigenvalue weighted by atomic mass is 14.2. The second-order valence-corrected chi connectivity index (χ2v) is 3.28. The van der Waals surface area contributed by atoms with Gasteiger partial charge in [0.2, 0.25) is 0 Å². The van der Waals surface area contributed by atoms with Crippen LogP contribution in [0.25, 0.3) is 0 Å². The molecule has 0 amide bonds. The van der Waals surface area contributed by atoms with Crippen molar-refractivity contribution in [2.45, 2.75) is 27.2 Å². The molecule has 0 aromatic carbocycles. The average molecular weight is 146 g/mol. The van der Waals surface area contributed by atoms with Crippen LogP contribution in [0.5, 0.6) is 0 Å². The maximum absolute atomic E-state index is 3.20. The molecule has 0 spiro atoms. The third-order valence-corrected chi connectivity index (χ3v) is 1.97. The van der Waals surface area contributed by atoms with Crippen LogP contribution in [-0.2, 0) is 0 Å². The Labute approximate surface area is 69.0 Å². The molecular formula is C11H14. The summed E-state index contributed by atoms with van der Waals surface area (Å²) in [6.07, 6.45) is 7.63. The van der Waals surface area contributed by atoms with E-state index in [1.54, 1.807) is 0 Å². The number of rotatable bonds is 0. The van der Waals surface area contributed by atoms with Gasteiger partial charge < -0.3 is 0 Å². The van der Waals surface area contributed by atoms with E-state index in [1.807, 2.05) is 6.92 Å². The monoisotopic (exact) mass is 146 g/mol. The fourth-order valence-corrected chi connectivity index (χ4v) is 1.20. The van der Waals surface area contributed by atoms with Crippen molar-refractivity contribution in [3.8, 4) is 11.8 Å². The van der Waals surface area contributed by atoms with Gasteiger partial charge in [-0.1, -0.05) is 29.7 Å². The third-order valence-electron chi connectivity index (χ3n) is 1.97. The minimum atomic E-state index is 0.0915. The molecule has 1 aliphatic carbocycles. The van der Waals surface area contributed by atoms with E-state index in [1.165, 1.54) is 5.57 Å². The lowest BCUT2D eigenvalue weighted by atomic mass is 9.83. The zero-order valence-electron chi connectivity index (χ0n) is 7.44. The molecule has 0 saturated heterocycles. The highest BCUT2D eigenvalue weighted by molar-refractivity contribution is 5.30.